The number of thiol groups is 1. The zero-order chi connectivity index (χ0) is 10.8. The van der Waals surface area contributed by atoms with Gasteiger partial charge in [0.1, 0.15) is 0 Å². The summed E-state index contributed by atoms with van der Waals surface area (Å²) in [7, 11) is 5.98. The summed E-state index contributed by atoms with van der Waals surface area (Å²) in [6.07, 6.45) is 1.33. The van der Waals surface area contributed by atoms with Gasteiger partial charge in [-0.15, -0.1) is 0 Å². The SMILES string of the molecule is CC1(CS)C(SI)CC(SI)C1SI. The van der Waals surface area contributed by atoms with Gasteiger partial charge in [0.15, 0.2) is 0 Å². The number of hydrogen-bond donors (Lipinski definition) is 1. The highest BCUT2D eigenvalue weighted by atomic mass is 127. The summed E-state index contributed by atoms with van der Waals surface area (Å²) >= 11 is 11.9. The highest BCUT2D eigenvalue weighted by Crippen LogP contribution is 2.57. The van der Waals surface area contributed by atoms with Crippen LogP contribution in [0, 0.1) is 5.41 Å². The Labute approximate surface area is 141 Å². The van der Waals surface area contributed by atoms with Gasteiger partial charge in [0.05, 0.1) is 0 Å². The van der Waals surface area contributed by atoms with E-state index in [1.807, 2.05) is 26.8 Å². The van der Waals surface area contributed by atoms with E-state index in [9.17, 15) is 0 Å². The topological polar surface area (TPSA) is 0 Å². The van der Waals surface area contributed by atoms with Gasteiger partial charge in [-0.2, -0.15) is 12.6 Å². The average Bonchev–Trinajstić information content (AvgIpc) is 2.50. The lowest BCUT2D eigenvalue weighted by molar-refractivity contribution is 0.419. The second kappa shape index (κ2) is 7.25. The van der Waals surface area contributed by atoms with Gasteiger partial charge in [-0.25, -0.2) is 0 Å². The number of rotatable bonds is 4. The molecule has 4 unspecified atom stereocenters. The van der Waals surface area contributed by atoms with Gasteiger partial charge in [-0.3, -0.25) is 0 Å². The van der Waals surface area contributed by atoms with Crippen LogP contribution in [0.5, 0.6) is 0 Å². The van der Waals surface area contributed by atoms with Gasteiger partial charge >= 0.3 is 0 Å². The highest BCUT2D eigenvalue weighted by molar-refractivity contribution is 14.2. The minimum Gasteiger partial charge on any atom is -0.179 e. The molecule has 84 valence electrons. The summed E-state index contributed by atoms with van der Waals surface area (Å²) in [6.45, 7) is 2.40. The van der Waals surface area contributed by atoms with Crippen LogP contribution >= 0.6 is 103 Å². The van der Waals surface area contributed by atoms with Crippen LogP contribution in [0.2, 0.25) is 0 Å². The zero-order valence-corrected chi connectivity index (χ0v) is 17.3. The second-order valence-corrected chi connectivity index (χ2v) is 10.7. The Kier molecular flexibility index (Phi) is 8.10. The molecule has 0 nitrogen and oxygen atoms in total. The van der Waals surface area contributed by atoms with Gasteiger partial charge < -0.3 is 0 Å². The van der Waals surface area contributed by atoms with Gasteiger partial charge in [-0.05, 0) is 75.8 Å². The normalized spacial score (nSPS) is 43.1. The Bertz CT molecular complexity index is 194. The number of hydrogen-bond acceptors (Lipinski definition) is 4. The van der Waals surface area contributed by atoms with Crippen molar-refractivity contribution in [1.82, 2.24) is 0 Å². The predicted octanol–water partition coefficient (Wildman–Crippen LogP) is 5.68. The Morgan fingerprint density at radius 3 is 2.29 bits per heavy atom. The molecule has 1 fully saturated rings. The summed E-state index contributed by atoms with van der Waals surface area (Å²) in [5, 5.41) is 2.30. The van der Waals surface area contributed by atoms with Crippen molar-refractivity contribution < 1.29 is 0 Å². The van der Waals surface area contributed by atoms with Gasteiger partial charge in [0.2, 0.25) is 0 Å². The third-order valence-corrected chi connectivity index (χ3v) is 11.8. The van der Waals surface area contributed by atoms with E-state index in [1.165, 1.54) is 6.42 Å². The Morgan fingerprint density at radius 1 is 1.29 bits per heavy atom. The maximum absolute atomic E-state index is 4.56. The third kappa shape index (κ3) is 3.12. The summed E-state index contributed by atoms with van der Waals surface area (Å²) in [5.41, 5.74) is 0.393. The van der Waals surface area contributed by atoms with Crippen LogP contribution in [0.25, 0.3) is 0 Å². The van der Waals surface area contributed by atoms with Crippen LogP contribution in [0.15, 0.2) is 0 Å². The van der Waals surface area contributed by atoms with Crippen LogP contribution < -0.4 is 0 Å². The molecule has 1 aliphatic rings. The van der Waals surface area contributed by atoms with Crippen molar-refractivity contribution in [3.05, 3.63) is 0 Å². The van der Waals surface area contributed by atoms with Gasteiger partial charge in [-0.1, -0.05) is 33.7 Å². The Morgan fingerprint density at radius 2 is 1.93 bits per heavy atom. The number of halogens is 3. The molecule has 0 aromatic carbocycles. The minimum atomic E-state index is 0.393. The van der Waals surface area contributed by atoms with E-state index in [2.05, 4.69) is 83.2 Å². The van der Waals surface area contributed by atoms with Crippen molar-refractivity contribution in [3.63, 3.8) is 0 Å². The summed E-state index contributed by atoms with van der Waals surface area (Å²) in [4.78, 5) is 0. The smallest absolute Gasteiger partial charge is 0.0347 e. The van der Waals surface area contributed by atoms with E-state index in [4.69, 9.17) is 0 Å². The molecule has 0 aliphatic heterocycles. The standard InChI is InChI=1S/C7H11I3S4/c1-7(3-11)5(13-9)2-4(12-8)6(7)14-10/h4-6,11H,2-3H2,1H3. The molecule has 4 atom stereocenters. The van der Waals surface area contributed by atoms with Crippen molar-refractivity contribution in [2.45, 2.75) is 29.1 Å². The van der Waals surface area contributed by atoms with Crippen molar-refractivity contribution >= 4 is 103 Å². The molecule has 0 radical (unpaired) electrons. The van der Waals surface area contributed by atoms with Gasteiger partial charge in [0.25, 0.3) is 0 Å². The highest BCUT2D eigenvalue weighted by Gasteiger charge is 2.51. The molecule has 7 heteroatoms. The first-order chi connectivity index (χ1) is 6.63. The minimum absolute atomic E-state index is 0.393. The molecule has 1 rings (SSSR count). The quantitative estimate of drug-likeness (QED) is 0.325. The first kappa shape index (κ1) is 15.6. The first-order valence-corrected chi connectivity index (χ1v) is 15.0. The largest absolute Gasteiger partial charge is 0.179 e. The molecule has 0 aromatic rings. The van der Waals surface area contributed by atoms with Crippen molar-refractivity contribution in [1.29, 1.82) is 0 Å². The lowest BCUT2D eigenvalue weighted by Gasteiger charge is -2.33. The van der Waals surface area contributed by atoms with E-state index in [1.54, 1.807) is 0 Å². The van der Waals surface area contributed by atoms with Crippen LogP contribution in [-0.4, -0.2) is 21.5 Å². The van der Waals surface area contributed by atoms with E-state index < -0.39 is 0 Å². The summed E-state index contributed by atoms with van der Waals surface area (Å²) < 4.78 is 0. The van der Waals surface area contributed by atoms with Crippen molar-refractivity contribution in [2.24, 2.45) is 5.41 Å². The molecule has 1 saturated carbocycles. The Balaban J connectivity index is 2.86. The molecule has 14 heavy (non-hydrogen) atoms. The third-order valence-electron chi connectivity index (χ3n) is 2.83. The molecule has 0 amide bonds. The fourth-order valence-electron chi connectivity index (χ4n) is 1.78. The van der Waals surface area contributed by atoms with E-state index in [0.29, 0.717) is 5.41 Å². The molecule has 1 aliphatic carbocycles. The maximum atomic E-state index is 4.56. The molecular weight excluding hydrogens is 593 g/mol. The molecule has 0 N–H and O–H groups in total. The van der Waals surface area contributed by atoms with Crippen LogP contribution in [-0.2, 0) is 0 Å². The summed E-state index contributed by atoms with van der Waals surface area (Å²) in [6, 6.07) is 0. The maximum Gasteiger partial charge on any atom is 0.0347 e. The van der Waals surface area contributed by atoms with Crippen LogP contribution in [0.1, 0.15) is 13.3 Å². The van der Waals surface area contributed by atoms with Crippen molar-refractivity contribution in [2.75, 3.05) is 5.75 Å². The molecule has 0 spiro atoms. The molecule has 0 aromatic heterocycles. The average molecular weight is 604 g/mol. The lowest BCUT2D eigenvalue weighted by atomic mass is 9.90. The van der Waals surface area contributed by atoms with Crippen molar-refractivity contribution in [3.8, 4) is 0 Å². The van der Waals surface area contributed by atoms with E-state index in [0.717, 1.165) is 21.5 Å². The van der Waals surface area contributed by atoms with E-state index in [-0.39, 0.29) is 0 Å². The molecule has 0 bridgehead atoms. The van der Waals surface area contributed by atoms with Crippen LogP contribution in [0.4, 0.5) is 0 Å². The Hall–Kier alpha value is 3.59. The fourth-order valence-corrected chi connectivity index (χ4v) is 12.9. The van der Waals surface area contributed by atoms with Gasteiger partial charge in [0, 0.05) is 21.2 Å². The first-order valence-electron chi connectivity index (χ1n) is 4.07. The van der Waals surface area contributed by atoms with E-state index >= 15 is 0 Å². The second-order valence-electron chi connectivity index (χ2n) is 3.61. The lowest BCUT2D eigenvalue weighted by Crippen LogP contribution is -2.35. The molecule has 0 saturated heterocycles. The van der Waals surface area contributed by atoms with Crippen LogP contribution in [0.3, 0.4) is 0 Å². The predicted molar refractivity (Wildman–Crippen MR) is 103 cm³/mol. The zero-order valence-electron chi connectivity index (χ0n) is 7.45. The molecule has 0 heterocycles. The molecular formula is C7H11I3S4. The summed E-state index contributed by atoms with van der Waals surface area (Å²) in [5.74, 6) is 1.00. The monoisotopic (exact) mass is 604 g/mol. The fraction of sp³-hybridized carbons (Fsp3) is 1.00.